The number of nitrogens with two attached hydrogens (primary N) is 1. The second-order valence-electron chi connectivity index (χ2n) is 36.7. The van der Waals surface area contributed by atoms with E-state index >= 15 is 0 Å². The second kappa shape index (κ2) is 51.6. The molecule has 2 aromatic carbocycles. The number of benzene rings is 2. The van der Waals surface area contributed by atoms with Crippen molar-refractivity contribution in [3.05, 3.63) is 262 Å². The van der Waals surface area contributed by atoms with Gasteiger partial charge in [-0.05, 0) is 176 Å². The topological polar surface area (TPSA) is 202 Å². The molecule has 0 aliphatic rings. The lowest BCUT2D eigenvalue weighted by atomic mass is 9.95. The van der Waals surface area contributed by atoms with Gasteiger partial charge in [-0.15, -0.1) is 4.98 Å². The molecule has 0 unspecified atom stereocenters. The average molecular weight is 1680 g/mol. The Morgan fingerprint density at radius 2 is 0.582 bits per heavy atom. The predicted molar refractivity (Wildman–Crippen MR) is 519 cm³/mol. The number of primary amides is 1. The van der Waals surface area contributed by atoms with Crippen molar-refractivity contribution < 1.29 is 4.79 Å². The monoisotopic (exact) mass is 1680 g/mol. The van der Waals surface area contributed by atoms with Gasteiger partial charge in [0.15, 0.2) is 0 Å². The maximum Gasteiger partial charge on any atom is 0.269 e. The van der Waals surface area contributed by atoms with Crippen molar-refractivity contribution in [1.29, 1.82) is 0 Å². The van der Waals surface area contributed by atoms with Gasteiger partial charge in [0.2, 0.25) is 0 Å². The molecule has 10 rings (SSSR count). The summed E-state index contributed by atoms with van der Waals surface area (Å²) < 4.78 is 0. The highest BCUT2D eigenvalue weighted by Gasteiger charge is 2.23. The Morgan fingerprint density at radius 3 is 0.877 bits per heavy atom. The van der Waals surface area contributed by atoms with E-state index in [9.17, 15) is 4.79 Å². The predicted octanol–water partition coefficient (Wildman–Crippen LogP) is 30.2. The molecule has 122 heavy (non-hydrogen) atoms. The van der Waals surface area contributed by atoms with Gasteiger partial charge in [0.05, 0.1) is 91.1 Å². The van der Waals surface area contributed by atoms with Crippen LogP contribution < -0.4 is 5.73 Å². The summed E-state index contributed by atoms with van der Waals surface area (Å²) in [7, 11) is 0. The van der Waals surface area contributed by atoms with Gasteiger partial charge in [-0.3, -0.25) is 39.7 Å². The Balaban J connectivity index is 0.000000362. The molecule has 8 aromatic heterocycles. The van der Waals surface area contributed by atoms with E-state index in [0.29, 0.717) is 111 Å². The number of hydrogen-bond acceptors (Lipinski definition) is 13. The molecule has 16 heteroatoms. The Morgan fingerprint density at radius 1 is 0.303 bits per heavy atom. The Hall–Kier alpha value is -9.39. The molecule has 0 aliphatic heterocycles. The van der Waals surface area contributed by atoms with Crippen LogP contribution in [0.25, 0.3) is 27.4 Å². The van der Waals surface area contributed by atoms with Gasteiger partial charge in [0, 0.05) is 40.3 Å². The first-order valence-corrected chi connectivity index (χ1v) is 45.4. The van der Waals surface area contributed by atoms with Crippen LogP contribution in [0.3, 0.4) is 0 Å². The van der Waals surface area contributed by atoms with E-state index in [1.807, 2.05) is 94.6 Å². The molecule has 8 heterocycles. The van der Waals surface area contributed by atoms with Crippen LogP contribution in [0.1, 0.15) is 465 Å². The minimum Gasteiger partial charge on any atom is -0.364 e. The van der Waals surface area contributed by atoms with Crippen molar-refractivity contribution in [1.82, 2.24) is 59.8 Å². The van der Waals surface area contributed by atoms with E-state index in [2.05, 4.69) is 307 Å². The number of carbonyl (C=O) groups excluding carboxylic acids is 1. The molecule has 0 saturated carbocycles. The van der Waals surface area contributed by atoms with E-state index in [1.54, 1.807) is 12.1 Å². The van der Waals surface area contributed by atoms with Gasteiger partial charge in [-0.1, -0.05) is 339 Å². The van der Waals surface area contributed by atoms with Gasteiger partial charge < -0.3 is 10.6 Å². The third-order valence-corrected chi connectivity index (χ3v) is 20.8. The fraction of sp³-hybridized carbons (Fsp3) is 0.528. The third-order valence-electron chi connectivity index (χ3n) is 20.6. The van der Waals surface area contributed by atoms with E-state index in [1.165, 1.54) is 50.7 Å². The van der Waals surface area contributed by atoms with Crippen LogP contribution in [-0.2, 0) is 12.8 Å². The lowest BCUT2D eigenvalue weighted by Gasteiger charge is -2.17. The van der Waals surface area contributed by atoms with Crippen LogP contribution in [-0.4, -0.2) is 65.7 Å². The molecule has 0 saturated heterocycles. The summed E-state index contributed by atoms with van der Waals surface area (Å²) in [6.07, 6.45) is 3.84. The van der Waals surface area contributed by atoms with E-state index in [0.717, 1.165) is 109 Å². The largest absolute Gasteiger partial charge is 0.364 e. The number of pyridine rings is 4. The summed E-state index contributed by atoms with van der Waals surface area (Å²) in [6.45, 7) is 88.6. The minimum atomic E-state index is -0.466. The summed E-state index contributed by atoms with van der Waals surface area (Å²) in [5.41, 5.74) is 35.1. The maximum absolute atomic E-state index is 11.0. The minimum absolute atomic E-state index is 0.307. The van der Waals surface area contributed by atoms with Gasteiger partial charge in [0.25, 0.3) is 11.7 Å². The second-order valence-corrected chi connectivity index (χ2v) is 37.1. The maximum atomic E-state index is 11.0. The summed E-state index contributed by atoms with van der Waals surface area (Å²) in [5, 5.41) is 0.591. The number of nitrogens with zero attached hydrogens (tertiary/aromatic N) is 13. The van der Waals surface area contributed by atoms with Gasteiger partial charge >= 0.3 is 0 Å². The van der Waals surface area contributed by atoms with Crippen LogP contribution in [0, 0.1) is 34.3 Å². The summed E-state index contributed by atoms with van der Waals surface area (Å²) in [5.74, 6) is 7.12. The van der Waals surface area contributed by atoms with Crippen LogP contribution >= 0.6 is 11.6 Å². The number of aryl methyl sites for hydroxylation is 6. The summed E-state index contributed by atoms with van der Waals surface area (Å²) in [4.78, 5) is 70.1. The Kier molecular flexibility index (Phi) is 45.2. The number of halogens is 1. The van der Waals surface area contributed by atoms with E-state index in [-0.39, 0.29) is 0 Å². The zero-order chi connectivity index (χ0) is 92.6. The molecule has 0 spiro atoms. The van der Waals surface area contributed by atoms with E-state index < -0.39 is 5.91 Å². The Bertz CT molecular complexity index is 4690. The average Bonchev–Trinajstić information content (AvgIpc) is 0.803. The fourth-order valence-corrected chi connectivity index (χ4v) is 14.0. The zero-order valence-corrected chi connectivity index (χ0v) is 83.1. The zero-order valence-electron chi connectivity index (χ0n) is 82.3. The van der Waals surface area contributed by atoms with Gasteiger partial charge in [-0.25, -0.2) is 19.9 Å². The number of aromatic nitrogens is 12. The van der Waals surface area contributed by atoms with Crippen LogP contribution in [0.4, 0.5) is 5.82 Å². The normalized spacial score (nSPS) is 11.2. The fourth-order valence-electron chi connectivity index (χ4n) is 13.8. The molecule has 0 bridgehead atoms. The lowest BCUT2D eigenvalue weighted by Crippen LogP contribution is -2.15. The van der Waals surface area contributed by atoms with Crippen molar-refractivity contribution in [3.8, 4) is 22.5 Å². The van der Waals surface area contributed by atoms with Crippen molar-refractivity contribution >= 4 is 23.3 Å². The van der Waals surface area contributed by atoms with Gasteiger partial charge in [-0.2, -0.15) is 0 Å². The molecule has 0 fully saturated rings. The van der Waals surface area contributed by atoms with Crippen LogP contribution in [0.15, 0.2) is 115 Å². The molecule has 10 aromatic rings. The van der Waals surface area contributed by atoms with Crippen molar-refractivity contribution in [2.45, 2.75) is 371 Å². The number of amides is 1. The molecule has 0 radical (unpaired) electrons. The number of carbonyl (C=O) groups is 1. The SMILES string of the molecule is CC(C)c1ccc(C(N)=O)nc1C(C)C.CC(C)c1ccc(Cl)nc1C(C)C.CC(C)c1cccnc1C(C)C.CCc1nc(C(C)C)c(C(C)C)nc1CC.Cc1nc(C(C)C)c(C(C)C)nc1-c1ccccc1.Cc1nc(C(C)C)c(C(C)C)nc1-c1ccccc1.Cc1nc(C(C)C)c(C(C)C)nc1C.[C-]#[N+]c1ccc(C(C)C)c(C(C)C)n1. The van der Waals surface area contributed by atoms with Gasteiger partial charge in [0.1, 0.15) is 16.5 Å². The van der Waals surface area contributed by atoms with Crippen LogP contribution in [0.2, 0.25) is 5.15 Å². The van der Waals surface area contributed by atoms with Crippen molar-refractivity contribution in [3.63, 3.8) is 0 Å². The number of hydrogen-bond donors (Lipinski definition) is 1. The third kappa shape index (κ3) is 32.4. The lowest BCUT2D eigenvalue weighted by molar-refractivity contribution is 0.0995. The molecular weight excluding hydrogens is 1520 g/mol. The van der Waals surface area contributed by atoms with Crippen molar-refractivity contribution in [2.75, 3.05) is 0 Å². The molecule has 662 valence electrons. The summed E-state index contributed by atoms with van der Waals surface area (Å²) in [6, 6.07) is 36.2. The molecule has 0 aliphatic carbocycles. The molecule has 0 atom stereocenters. The highest BCUT2D eigenvalue weighted by molar-refractivity contribution is 6.29. The first kappa shape index (κ1) is 107. The first-order valence-electron chi connectivity index (χ1n) is 45.0. The smallest absolute Gasteiger partial charge is 0.269 e. The van der Waals surface area contributed by atoms with E-state index in [4.69, 9.17) is 53.8 Å². The summed E-state index contributed by atoms with van der Waals surface area (Å²) >= 11 is 5.85. The molecular formula is C106H155ClN14O. The highest BCUT2D eigenvalue weighted by atomic mass is 35.5. The Labute approximate surface area is 744 Å². The quantitative estimate of drug-likeness (QED) is 0.0526. The standard InChI is InChI=1S/2C17H22N2.C14H24N2.C12H18N2O.C12H16N2.C12H20N2.C11H16ClN.C11H17N/c2*1-11(2)15-16(12(3)4)19-17(13(5)18-15)14-9-7-6-8-10-14;1-7-11-12(8-2)16-14(10(5)6)13(15-11)9(3)4;1-7(2)9-5-6-10(12(13)15)14-11(9)8(3)4;1-8(2)10-6-7-11(13-5)14-12(10)9(3)4;1-7(2)11-12(8(3)4)14-10(6)9(5)13-11;1-7(2)9-5-6-10(12)13-11(9)8(3)4;1-8(2)10-6-5-7-12-11(10)9(3)4/h2*6-12H,1-5H3;9-10H,7-8H2,1-6H3;5-8H,1-4H3,(H2,13,15);6-9H,1-4H3;7-8H,1-6H3;5-8H,1-4H3;5-9H,1-4H3. The van der Waals surface area contributed by atoms with Crippen LogP contribution in [0.5, 0.6) is 0 Å². The highest BCUT2D eigenvalue weighted by Crippen LogP contribution is 2.34. The molecule has 2 N–H and O–H groups in total. The molecule has 1 amide bonds. The van der Waals surface area contributed by atoms with Crippen molar-refractivity contribution in [2.24, 2.45) is 5.73 Å². The number of rotatable bonds is 21. The first-order chi connectivity index (χ1) is 57.1. The molecule has 15 nitrogen and oxygen atoms in total.